The number of carbonyl (C=O) groups is 1. The van der Waals surface area contributed by atoms with Crippen LogP contribution in [0.4, 0.5) is 5.95 Å². The second kappa shape index (κ2) is 4.93. The maximum atomic E-state index is 12.3. The van der Waals surface area contributed by atoms with Gasteiger partial charge in [-0.05, 0) is 12.1 Å². The fourth-order valence-corrected chi connectivity index (χ4v) is 1.79. The molecule has 6 nitrogen and oxygen atoms in total. The Kier molecular flexibility index (Phi) is 2.96. The predicted octanol–water partition coefficient (Wildman–Crippen LogP) is 1.61. The lowest BCUT2D eigenvalue weighted by Gasteiger charge is -2.00. The molecule has 0 bridgehead atoms. The number of nitrogen functional groups attached to an aromatic ring is 1. The molecule has 3 aromatic rings. The summed E-state index contributed by atoms with van der Waals surface area (Å²) in [4.78, 5) is 20.3. The Morgan fingerprint density at radius 1 is 1.10 bits per heavy atom. The van der Waals surface area contributed by atoms with Gasteiger partial charge >= 0.3 is 0 Å². The van der Waals surface area contributed by atoms with Gasteiger partial charge < -0.3 is 5.73 Å². The SMILES string of the molecule is Nc1nc(-c2ccccc2)nn1C(=O)c1cccnc1. The van der Waals surface area contributed by atoms with E-state index in [0.717, 1.165) is 10.2 Å². The number of anilines is 1. The molecule has 0 aliphatic rings. The van der Waals surface area contributed by atoms with Gasteiger partial charge in [-0.2, -0.15) is 9.67 Å². The zero-order valence-corrected chi connectivity index (χ0v) is 10.5. The molecule has 0 spiro atoms. The van der Waals surface area contributed by atoms with Gasteiger partial charge in [-0.1, -0.05) is 30.3 Å². The van der Waals surface area contributed by atoms with Gasteiger partial charge in [-0.25, -0.2) is 0 Å². The highest BCUT2D eigenvalue weighted by atomic mass is 16.2. The van der Waals surface area contributed by atoms with Crippen molar-refractivity contribution < 1.29 is 4.79 Å². The summed E-state index contributed by atoms with van der Waals surface area (Å²) >= 11 is 0. The van der Waals surface area contributed by atoms with Crippen LogP contribution in [-0.4, -0.2) is 25.7 Å². The van der Waals surface area contributed by atoms with E-state index < -0.39 is 0 Å². The highest BCUT2D eigenvalue weighted by Gasteiger charge is 2.16. The normalized spacial score (nSPS) is 10.4. The first-order chi connectivity index (χ1) is 9.75. The number of hydrogen-bond acceptors (Lipinski definition) is 5. The molecule has 2 N–H and O–H groups in total. The maximum absolute atomic E-state index is 12.3. The number of benzene rings is 1. The van der Waals surface area contributed by atoms with Crippen LogP contribution < -0.4 is 5.73 Å². The summed E-state index contributed by atoms with van der Waals surface area (Å²) in [6, 6.07) is 12.7. The van der Waals surface area contributed by atoms with Crippen molar-refractivity contribution in [3.05, 3.63) is 60.4 Å². The summed E-state index contributed by atoms with van der Waals surface area (Å²) in [5.74, 6) is 0.114. The van der Waals surface area contributed by atoms with Crippen LogP contribution in [0.2, 0.25) is 0 Å². The van der Waals surface area contributed by atoms with Crippen molar-refractivity contribution in [2.45, 2.75) is 0 Å². The molecule has 3 rings (SSSR count). The molecule has 1 aromatic carbocycles. The van der Waals surface area contributed by atoms with E-state index in [9.17, 15) is 4.79 Å². The van der Waals surface area contributed by atoms with Crippen molar-refractivity contribution in [1.82, 2.24) is 19.7 Å². The van der Waals surface area contributed by atoms with Crippen molar-refractivity contribution in [3.8, 4) is 11.4 Å². The summed E-state index contributed by atoms with van der Waals surface area (Å²) in [6.45, 7) is 0. The number of aromatic nitrogens is 4. The fraction of sp³-hybridized carbons (Fsp3) is 0. The predicted molar refractivity (Wildman–Crippen MR) is 73.8 cm³/mol. The molecule has 98 valence electrons. The fourth-order valence-electron chi connectivity index (χ4n) is 1.79. The molecule has 0 aliphatic heterocycles. The van der Waals surface area contributed by atoms with E-state index >= 15 is 0 Å². The minimum absolute atomic E-state index is 0.0534. The van der Waals surface area contributed by atoms with Crippen molar-refractivity contribution in [1.29, 1.82) is 0 Å². The smallest absolute Gasteiger partial charge is 0.282 e. The Labute approximate surface area is 114 Å². The van der Waals surface area contributed by atoms with Crippen LogP contribution in [0.5, 0.6) is 0 Å². The van der Waals surface area contributed by atoms with Gasteiger partial charge in [0.05, 0.1) is 5.56 Å². The molecule has 0 saturated heterocycles. The highest BCUT2D eigenvalue weighted by Crippen LogP contribution is 2.16. The molecule has 0 atom stereocenters. The van der Waals surface area contributed by atoms with Crippen molar-refractivity contribution >= 4 is 11.9 Å². The third-order valence-corrected chi connectivity index (χ3v) is 2.77. The summed E-state index contributed by atoms with van der Waals surface area (Å²) < 4.78 is 1.08. The van der Waals surface area contributed by atoms with Gasteiger partial charge in [-0.3, -0.25) is 9.78 Å². The maximum Gasteiger partial charge on any atom is 0.282 e. The molecular formula is C14H11N5O. The Morgan fingerprint density at radius 3 is 2.60 bits per heavy atom. The first-order valence-electron chi connectivity index (χ1n) is 5.98. The Bertz CT molecular complexity index is 737. The minimum atomic E-state index is -0.356. The van der Waals surface area contributed by atoms with E-state index in [-0.39, 0.29) is 11.9 Å². The van der Waals surface area contributed by atoms with Crippen LogP contribution >= 0.6 is 0 Å². The number of nitrogens with zero attached hydrogens (tertiary/aromatic N) is 4. The summed E-state index contributed by atoms with van der Waals surface area (Å²) in [7, 11) is 0. The molecule has 2 aromatic heterocycles. The number of rotatable bonds is 2. The van der Waals surface area contributed by atoms with Crippen LogP contribution in [0.15, 0.2) is 54.9 Å². The molecule has 0 unspecified atom stereocenters. The Hall–Kier alpha value is -3.02. The quantitative estimate of drug-likeness (QED) is 0.760. The third kappa shape index (κ3) is 2.14. The largest absolute Gasteiger partial charge is 0.368 e. The molecule has 0 saturated carbocycles. The van der Waals surface area contributed by atoms with Crippen molar-refractivity contribution in [3.63, 3.8) is 0 Å². The van der Waals surface area contributed by atoms with Crippen LogP contribution in [0.25, 0.3) is 11.4 Å². The van der Waals surface area contributed by atoms with Gasteiger partial charge in [0.15, 0.2) is 5.82 Å². The number of hydrogen-bond donors (Lipinski definition) is 1. The zero-order valence-electron chi connectivity index (χ0n) is 10.5. The average molecular weight is 265 g/mol. The van der Waals surface area contributed by atoms with E-state index in [2.05, 4.69) is 15.1 Å². The lowest BCUT2D eigenvalue weighted by molar-refractivity contribution is 0.0947. The van der Waals surface area contributed by atoms with Gasteiger partial charge in [-0.15, -0.1) is 5.10 Å². The molecule has 0 amide bonds. The van der Waals surface area contributed by atoms with Gasteiger partial charge in [0.1, 0.15) is 0 Å². The van der Waals surface area contributed by atoms with E-state index in [1.165, 1.54) is 6.20 Å². The highest BCUT2D eigenvalue weighted by molar-refractivity contribution is 5.96. The minimum Gasteiger partial charge on any atom is -0.368 e. The van der Waals surface area contributed by atoms with E-state index in [4.69, 9.17) is 5.73 Å². The van der Waals surface area contributed by atoms with Crippen molar-refractivity contribution in [2.75, 3.05) is 5.73 Å². The molecule has 0 aliphatic carbocycles. The summed E-state index contributed by atoms with van der Waals surface area (Å²) in [5, 5.41) is 4.16. The first-order valence-corrected chi connectivity index (χ1v) is 5.98. The van der Waals surface area contributed by atoms with Crippen LogP contribution in [-0.2, 0) is 0 Å². The Morgan fingerprint density at radius 2 is 1.90 bits per heavy atom. The average Bonchev–Trinajstić information content (AvgIpc) is 2.90. The van der Waals surface area contributed by atoms with Crippen LogP contribution in [0, 0.1) is 0 Å². The number of carbonyl (C=O) groups excluding carboxylic acids is 1. The van der Waals surface area contributed by atoms with E-state index in [0.29, 0.717) is 11.4 Å². The summed E-state index contributed by atoms with van der Waals surface area (Å²) in [5.41, 5.74) is 6.97. The third-order valence-electron chi connectivity index (χ3n) is 2.77. The van der Waals surface area contributed by atoms with Gasteiger partial charge in [0.25, 0.3) is 5.91 Å². The molecule has 20 heavy (non-hydrogen) atoms. The van der Waals surface area contributed by atoms with E-state index in [1.807, 2.05) is 30.3 Å². The number of nitrogens with two attached hydrogens (primary N) is 1. The molecule has 0 fully saturated rings. The standard InChI is InChI=1S/C14H11N5O/c15-14-17-12(10-5-2-1-3-6-10)18-19(14)13(20)11-7-4-8-16-9-11/h1-9H,(H2,15,17,18). The van der Waals surface area contributed by atoms with Gasteiger partial charge in [0, 0.05) is 18.0 Å². The van der Waals surface area contributed by atoms with E-state index in [1.54, 1.807) is 18.3 Å². The topological polar surface area (TPSA) is 86.7 Å². The Balaban J connectivity index is 2.00. The number of pyridine rings is 1. The zero-order chi connectivity index (χ0) is 13.9. The lowest BCUT2D eigenvalue weighted by atomic mass is 10.2. The monoisotopic (exact) mass is 265 g/mol. The lowest BCUT2D eigenvalue weighted by Crippen LogP contribution is -2.16. The molecular weight excluding hydrogens is 254 g/mol. The van der Waals surface area contributed by atoms with Crippen LogP contribution in [0.3, 0.4) is 0 Å². The molecule has 0 radical (unpaired) electrons. The second-order valence-corrected chi connectivity index (χ2v) is 4.12. The second-order valence-electron chi connectivity index (χ2n) is 4.12. The van der Waals surface area contributed by atoms with Gasteiger partial charge in [0.2, 0.25) is 5.95 Å². The first kappa shape index (κ1) is 12.0. The molecule has 6 heteroatoms. The van der Waals surface area contributed by atoms with Crippen molar-refractivity contribution in [2.24, 2.45) is 0 Å². The summed E-state index contributed by atoms with van der Waals surface area (Å²) in [6.07, 6.45) is 3.06. The molecule has 2 heterocycles. The van der Waals surface area contributed by atoms with Crippen LogP contribution in [0.1, 0.15) is 10.4 Å².